The summed E-state index contributed by atoms with van der Waals surface area (Å²) >= 11 is 0. The molecule has 0 bridgehead atoms. The number of benzene rings is 1. The molecule has 1 aromatic rings. The average molecular weight is 253 g/mol. The van der Waals surface area contributed by atoms with Crippen LogP contribution in [0.1, 0.15) is 6.42 Å². The molecule has 0 spiro atoms. The Kier molecular flexibility index (Phi) is 3.79. The second-order valence-corrected chi connectivity index (χ2v) is 4.64. The van der Waals surface area contributed by atoms with Crippen LogP contribution in [0.2, 0.25) is 0 Å². The third-order valence-corrected chi connectivity index (χ3v) is 2.70. The van der Waals surface area contributed by atoms with Crippen molar-refractivity contribution < 1.29 is 25.8 Å². The highest BCUT2D eigenvalue weighted by molar-refractivity contribution is 7.87. The van der Waals surface area contributed by atoms with Crippen molar-refractivity contribution >= 4 is 10.1 Å². The maximum Gasteiger partial charge on any atom is 0.390 e. The van der Waals surface area contributed by atoms with Gasteiger partial charge in [0, 0.05) is 0 Å². The Morgan fingerprint density at radius 3 is 2.31 bits per heavy atom. The number of hydrogen-bond acceptors (Lipinski definition) is 3. The first kappa shape index (κ1) is 12.8. The van der Waals surface area contributed by atoms with E-state index >= 15 is 0 Å². The van der Waals surface area contributed by atoms with Crippen molar-refractivity contribution in [3.05, 3.63) is 30.3 Å². The number of rotatable bonds is 4. The molecule has 0 saturated heterocycles. The third-order valence-electron chi connectivity index (χ3n) is 1.55. The minimum Gasteiger partial charge on any atom is -0.382 e. The fourth-order valence-electron chi connectivity index (χ4n) is 0.856. The molecule has 0 amide bonds. The van der Waals surface area contributed by atoms with E-state index < -0.39 is 28.5 Å². The molecule has 0 heterocycles. The van der Waals surface area contributed by atoms with Gasteiger partial charge in [0.25, 0.3) is 0 Å². The maximum absolute atomic E-state index is 11.8. The van der Waals surface area contributed by atoms with E-state index in [1.165, 1.54) is 24.3 Å². The molecule has 16 heavy (non-hydrogen) atoms. The van der Waals surface area contributed by atoms with Gasteiger partial charge in [-0.15, -0.1) is 0 Å². The second-order valence-electron chi connectivity index (χ2n) is 2.95. The Bertz CT molecular complexity index is 425. The summed E-state index contributed by atoms with van der Waals surface area (Å²) < 4.78 is 62.1. The fraction of sp³-hybridized carbons (Fsp3) is 0.333. The van der Waals surface area contributed by atoms with Crippen LogP contribution in [0.3, 0.4) is 0 Å². The Morgan fingerprint density at radius 1 is 1.25 bits per heavy atom. The number of halogens is 3. The highest BCUT2D eigenvalue weighted by Crippen LogP contribution is 2.21. The molecule has 0 aliphatic rings. The maximum atomic E-state index is 11.8. The molecule has 0 aliphatic carbocycles. The highest BCUT2D eigenvalue weighted by atomic mass is 32.2. The zero-order valence-electron chi connectivity index (χ0n) is 7.99. The van der Waals surface area contributed by atoms with E-state index in [-0.39, 0.29) is 5.75 Å². The van der Waals surface area contributed by atoms with Crippen LogP contribution in [0.15, 0.2) is 24.3 Å². The van der Waals surface area contributed by atoms with Crippen LogP contribution in [0.5, 0.6) is 5.75 Å². The highest BCUT2D eigenvalue weighted by Gasteiger charge is 2.30. The van der Waals surface area contributed by atoms with Crippen LogP contribution >= 0.6 is 0 Å². The van der Waals surface area contributed by atoms with Crippen LogP contribution in [0, 0.1) is 6.07 Å². The Hall–Kier alpha value is -1.24. The molecule has 0 atom stereocenters. The smallest absolute Gasteiger partial charge is 0.382 e. The first-order valence-electron chi connectivity index (χ1n) is 4.23. The summed E-state index contributed by atoms with van der Waals surface area (Å²) in [4.78, 5) is 0. The quantitative estimate of drug-likeness (QED) is 0.772. The fourth-order valence-corrected chi connectivity index (χ4v) is 1.83. The summed E-state index contributed by atoms with van der Waals surface area (Å²) in [6.07, 6.45) is -5.94. The van der Waals surface area contributed by atoms with Crippen LogP contribution in [-0.4, -0.2) is 20.3 Å². The summed E-state index contributed by atoms with van der Waals surface area (Å²) in [7, 11) is -4.20. The van der Waals surface area contributed by atoms with E-state index in [2.05, 4.69) is 10.2 Å². The van der Waals surface area contributed by atoms with Crippen molar-refractivity contribution in [1.29, 1.82) is 0 Å². The van der Waals surface area contributed by atoms with Crippen molar-refractivity contribution in [1.82, 2.24) is 0 Å². The SMILES string of the molecule is O=S(=O)(CCC(F)(F)F)Oc1cc[c]cc1. The van der Waals surface area contributed by atoms with Gasteiger partial charge in [0.15, 0.2) is 0 Å². The van der Waals surface area contributed by atoms with Crippen molar-refractivity contribution in [3.8, 4) is 5.75 Å². The van der Waals surface area contributed by atoms with Crippen LogP contribution < -0.4 is 4.18 Å². The van der Waals surface area contributed by atoms with E-state index in [1.807, 2.05) is 0 Å². The topological polar surface area (TPSA) is 43.4 Å². The molecule has 1 rings (SSSR count). The van der Waals surface area contributed by atoms with E-state index in [9.17, 15) is 21.6 Å². The summed E-state index contributed by atoms with van der Waals surface area (Å²) in [6, 6.07) is 8.01. The predicted molar refractivity (Wildman–Crippen MR) is 50.4 cm³/mol. The van der Waals surface area contributed by atoms with E-state index in [1.54, 1.807) is 0 Å². The molecule has 0 aliphatic heterocycles. The lowest BCUT2D eigenvalue weighted by molar-refractivity contribution is -0.130. The second kappa shape index (κ2) is 4.73. The predicted octanol–water partition coefficient (Wildman–Crippen LogP) is 2.15. The molecular weight excluding hydrogens is 245 g/mol. The Balaban J connectivity index is 2.60. The van der Waals surface area contributed by atoms with Gasteiger partial charge in [0.1, 0.15) is 5.75 Å². The van der Waals surface area contributed by atoms with Gasteiger partial charge in [-0.2, -0.15) is 21.6 Å². The monoisotopic (exact) mass is 253 g/mol. The number of hydrogen-bond donors (Lipinski definition) is 0. The lowest BCUT2D eigenvalue weighted by atomic mass is 10.3. The zero-order valence-corrected chi connectivity index (χ0v) is 8.81. The van der Waals surface area contributed by atoms with E-state index in [4.69, 9.17) is 0 Å². The van der Waals surface area contributed by atoms with Gasteiger partial charge in [0.2, 0.25) is 0 Å². The van der Waals surface area contributed by atoms with Crippen molar-refractivity contribution in [2.75, 3.05) is 5.75 Å². The van der Waals surface area contributed by atoms with Crippen molar-refractivity contribution in [3.63, 3.8) is 0 Å². The summed E-state index contributed by atoms with van der Waals surface area (Å²) in [5.41, 5.74) is 0. The minimum absolute atomic E-state index is 0.0269. The number of alkyl halides is 3. The molecule has 3 nitrogen and oxygen atoms in total. The molecule has 0 aromatic heterocycles. The molecule has 0 unspecified atom stereocenters. The molecular formula is C9H8F3O3S. The normalized spacial score (nSPS) is 12.4. The van der Waals surface area contributed by atoms with Crippen molar-refractivity contribution in [2.45, 2.75) is 12.6 Å². The summed E-state index contributed by atoms with van der Waals surface area (Å²) in [5.74, 6) is -1.12. The summed E-state index contributed by atoms with van der Waals surface area (Å²) in [6.45, 7) is 0. The van der Waals surface area contributed by atoms with E-state index in [0.29, 0.717) is 0 Å². The standard InChI is InChI=1S/C9H8F3O3S/c10-9(11,12)6-7-16(13,14)15-8-4-2-1-3-5-8/h2-5H,6-7H2. The van der Waals surface area contributed by atoms with Gasteiger partial charge >= 0.3 is 16.3 Å². The molecule has 1 radical (unpaired) electrons. The summed E-state index contributed by atoms with van der Waals surface area (Å²) in [5, 5.41) is 0. The Labute approximate surface area is 91.0 Å². The van der Waals surface area contributed by atoms with Crippen LogP contribution in [-0.2, 0) is 10.1 Å². The Morgan fingerprint density at radius 2 is 1.81 bits per heavy atom. The third kappa shape index (κ3) is 5.01. The van der Waals surface area contributed by atoms with Crippen LogP contribution in [0.25, 0.3) is 0 Å². The average Bonchev–Trinajstić information content (AvgIpc) is 2.15. The molecule has 0 fully saturated rings. The molecule has 7 heteroatoms. The minimum atomic E-state index is -4.51. The van der Waals surface area contributed by atoms with Crippen LogP contribution in [0.4, 0.5) is 13.2 Å². The van der Waals surface area contributed by atoms with Gasteiger partial charge < -0.3 is 4.18 Å². The first-order valence-corrected chi connectivity index (χ1v) is 5.81. The molecule has 1 aromatic carbocycles. The molecule has 89 valence electrons. The lowest BCUT2D eigenvalue weighted by Crippen LogP contribution is -2.20. The van der Waals surface area contributed by atoms with Gasteiger partial charge in [-0.1, -0.05) is 12.1 Å². The largest absolute Gasteiger partial charge is 0.390 e. The molecule has 0 saturated carbocycles. The molecule has 0 N–H and O–H groups in total. The van der Waals surface area contributed by atoms with Gasteiger partial charge in [0.05, 0.1) is 12.2 Å². The van der Waals surface area contributed by atoms with Gasteiger partial charge in [-0.05, 0) is 18.2 Å². The van der Waals surface area contributed by atoms with Gasteiger partial charge in [-0.3, -0.25) is 0 Å². The lowest BCUT2D eigenvalue weighted by Gasteiger charge is -2.08. The zero-order chi connectivity index (χ0) is 12.2. The first-order chi connectivity index (χ1) is 7.29. The van der Waals surface area contributed by atoms with Crippen molar-refractivity contribution in [2.24, 2.45) is 0 Å². The van der Waals surface area contributed by atoms with Gasteiger partial charge in [-0.25, -0.2) is 0 Å². The van der Waals surface area contributed by atoms with E-state index in [0.717, 1.165) is 0 Å².